The molecular weight excluding hydrogens is 427 g/mol. The van der Waals surface area contributed by atoms with E-state index in [9.17, 15) is 14.0 Å². The van der Waals surface area contributed by atoms with Gasteiger partial charge in [-0.15, -0.1) is 0 Å². The SMILES string of the molecule is CCN(C)C(=O)C(C)(/C=C/c1ccc(F)cc1)N1CCN(c2ncc(C(=O)NO)cn2)CC1. The minimum absolute atomic E-state index is 0.0209. The van der Waals surface area contributed by atoms with Crippen LogP contribution in [0.3, 0.4) is 0 Å². The number of amides is 2. The number of anilines is 1. The average Bonchev–Trinajstić information content (AvgIpc) is 2.87. The summed E-state index contributed by atoms with van der Waals surface area (Å²) in [5.41, 5.74) is 1.65. The largest absolute Gasteiger partial charge is 0.344 e. The van der Waals surface area contributed by atoms with E-state index in [2.05, 4.69) is 14.9 Å². The zero-order valence-electron chi connectivity index (χ0n) is 19.0. The van der Waals surface area contributed by atoms with Crippen molar-refractivity contribution in [2.45, 2.75) is 19.4 Å². The van der Waals surface area contributed by atoms with Crippen LogP contribution in [-0.4, -0.2) is 82.1 Å². The van der Waals surface area contributed by atoms with Gasteiger partial charge in [-0.2, -0.15) is 0 Å². The van der Waals surface area contributed by atoms with Gasteiger partial charge < -0.3 is 9.80 Å². The molecular formula is C23H29FN6O3. The zero-order chi connectivity index (χ0) is 24.0. The summed E-state index contributed by atoms with van der Waals surface area (Å²) in [6, 6.07) is 6.14. The molecule has 1 fully saturated rings. The number of halogens is 1. The van der Waals surface area contributed by atoms with E-state index >= 15 is 0 Å². The number of hydroxylamine groups is 1. The van der Waals surface area contributed by atoms with Crippen molar-refractivity contribution in [1.82, 2.24) is 25.2 Å². The molecule has 1 aliphatic heterocycles. The molecule has 0 bridgehead atoms. The van der Waals surface area contributed by atoms with Crippen LogP contribution in [0.15, 0.2) is 42.7 Å². The summed E-state index contributed by atoms with van der Waals surface area (Å²) in [4.78, 5) is 39.0. The molecule has 2 aromatic rings. The first-order valence-electron chi connectivity index (χ1n) is 10.8. The van der Waals surface area contributed by atoms with Crippen molar-refractivity contribution in [2.24, 2.45) is 0 Å². The summed E-state index contributed by atoms with van der Waals surface area (Å²) in [5.74, 6) is -0.522. The van der Waals surface area contributed by atoms with E-state index in [4.69, 9.17) is 5.21 Å². The maximum Gasteiger partial charge on any atom is 0.277 e. The van der Waals surface area contributed by atoms with Crippen LogP contribution in [-0.2, 0) is 4.79 Å². The van der Waals surface area contributed by atoms with Crippen LogP contribution >= 0.6 is 0 Å². The monoisotopic (exact) mass is 456 g/mol. The Morgan fingerprint density at radius 2 is 1.79 bits per heavy atom. The Balaban J connectivity index is 1.76. The van der Waals surface area contributed by atoms with Gasteiger partial charge in [0.05, 0.1) is 5.56 Å². The molecule has 1 aromatic heterocycles. The van der Waals surface area contributed by atoms with Crippen LogP contribution in [0.5, 0.6) is 0 Å². The molecule has 0 spiro atoms. The summed E-state index contributed by atoms with van der Waals surface area (Å²) in [6.07, 6.45) is 6.44. The summed E-state index contributed by atoms with van der Waals surface area (Å²) in [5, 5.41) is 8.72. The van der Waals surface area contributed by atoms with Crippen LogP contribution in [0.1, 0.15) is 29.8 Å². The topological polar surface area (TPSA) is 102 Å². The van der Waals surface area contributed by atoms with Gasteiger partial charge in [-0.25, -0.2) is 19.8 Å². The van der Waals surface area contributed by atoms with Crippen molar-refractivity contribution in [3.63, 3.8) is 0 Å². The molecule has 1 aromatic carbocycles. The van der Waals surface area contributed by atoms with Crippen molar-refractivity contribution in [3.05, 3.63) is 59.7 Å². The summed E-state index contributed by atoms with van der Waals surface area (Å²) < 4.78 is 13.2. The number of carbonyl (C=O) groups is 2. The molecule has 9 nitrogen and oxygen atoms in total. The quantitative estimate of drug-likeness (QED) is 0.484. The Hall–Kier alpha value is -3.37. The van der Waals surface area contributed by atoms with E-state index in [1.54, 1.807) is 29.6 Å². The lowest BCUT2D eigenvalue weighted by atomic mass is 9.94. The van der Waals surface area contributed by atoms with Crippen LogP contribution < -0.4 is 10.4 Å². The van der Waals surface area contributed by atoms with Gasteiger partial charge in [-0.3, -0.25) is 19.7 Å². The Bertz CT molecular complexity index is 990. The standard InChI is InChI=1S/C23H29FN6O3/c1-4-28(3)21(32)23(2,10-9-17-5-7-19(24)8-6-17)30-13-11-29(12-14-30)22-25-15-18(16-26-22)20(31)27-33/h5-10,15-16,33H,4,11-14H2,1-3H3,(H,27,31)/b10-9+. The maximum absolute atomic E-state index is 13.3. The molecule has 2 amide bonds. The first-order chi connectivity index (χ1) is 15.8. The normalized spacial score (nSPS) is 16.5. The number of piperazine rings is 1. The third-order valence-electron chi connectivity index (χ3n) is 5.95. The summed E-state index contributed by atoms with van der Waals surface area (Å²) >= 11 is 0. The van der Waals surface area contributed by atoms with E-state index in [-0.39, 0.29) is 17.3 Å². The smallest absolute Gasteiger partial charge is 0.277 e. The first kappa shape index (κ1) is 24.3. The molecule has 0 saturated carbocycles. The van der Waals surface area contributed by atoms with Crippen molar-refractivity contribution >= 4 is 23.8 Å². The van der Waals surface area contributed by atoms with Gasteiger partial charge in [-0.1, -0.05) is 24.3 Å². The van der Waals surface area contributed by atoms with Crippen LogP contribution in [0.25, 0.3) is 6.08 Å². The highest BCUT2D eigenvalue weighted by atomic mass is 19.1. The molecule has 1 aliphatic rings. The number of carbonyl (C=O) groups excluding carboxylic acids is 2. The van der Waals surface area contributed by atoms with Gasteiger partial charge in [-0.05, 0) is 31.5 Å². The fourth-order valence-electron chi connectivity index (χ4n) is 3.71. The Kier molecular flexibility index (Phi) is 7.72. The lowest BCUT2D eigenvalue weighted by Crippen LogP contribution is -2.61. The minimum Gasteiger partial charge on any atom is -0.344 e. The zero-order valence-corrected chi connectivity index (χ0v) is 19.0. The molecule has 2 N–H and O–H groups in total. The number of nitrogens with one attached hydrogen (secondary N) is 1. The first-order valence-corrected chi connectivity index (χ1v) is 10.8. The summed E-state index contributed by atoms with van der Waals surface area (Å²) in [7, 11) is 1.78. The van der Waals surface area contributed by atoms with Crippen molar-refractivity contribution in [2.75, 3.05) is 44.7 Å². The molecule has 176 valence electrons. The fraction of sp³-hybridized carbons (Fsp3) is 0.391. The van der Waals surface area contributed by atoms with Crippen molar-refractivity contribution in [3.8, 4) is 0 Å². The number of hydrogen-bond acceptors (Lipinski definition) is 7. The molecule has 0 radical (unpaired) electrons. The number of benzene rings is 1. The maximum atomic E-state index is 13.3. The van der Waals surface area contributed by atoms with Gasteiger partial charge in [0, 0.05) is 52.2 Å². The highest BCUT2D eigenvalue weighted by molar-refractivity contribution is 5.92. The number of likely N-dealkylation sites (N-methyl/N-ethyl adjacent to an activating group) is 1. The molecule has 1 saturated heterocycles. The molecule has 0 aliphatic carbocycles. The van der Waals surface area contributed by atoms with Gasteiger partial charge in [0.2, 0.25) is 11.9 Å². The van der Waals surface area contributed by atoms with E-state index in [1.165, 1.54) is 24.5 Å². The highest BCUT2D eigenvalue weighted by Gasteiger charge is 2.40. The molecule has 3 rings (SSSR count). The van der Waals surface area contributed by atoms with E-state index in [0.717, 1.165) is 5.56 Å². The number of nitrogens with zero attached hydrogens (tertiary/aromatic N) is 5. The molecule has 1 unspecified atom stereocenters. The predicted molar refractivity (Wildman–Crippen MR) is 122 cm³/mol. The van der Waals surface area contributed by atoms with Crippen LogP contribution in [0.4, 0.5) is 10.3 Å². The van der Waals surface area contributed by atoms with Crippen LogP contribution in [0.2, 0.25) is 0 Å². The molecule has 10 heteroatoms. The number of rotatable bonds is 7. The van der Waals surface area contributed by atoms with E-state index in [1.807, 2.05) is 30.9 Å². The van der Waals surface area contributed by atoms with Gasteiger partial charge in [0.25, 0.3) is 5.91 Å². The second-order valence-electron chi connectivity index (χ2n) is 8.04. The lowest BCUT2D eigenvalue weighted by molar-refractivity contribution is -0.139. The molecule has 2 heterocycles. The van der Waals surface area contributed by atoms with Gasteiger partial charge in [0.1, 0.15) is 11.4 Å². The fourth-order valence-corrected chi connectivity index (χ4v) is 3.71. The van der Waals surface area contributed by atoms with Gasteiger partial charge in [0.15, 0.2) is 0 Å². The average molecular weight is 457 g/mol. The second-order valence-corrected chi connectivity index (χ2v) is 8.04. The van der Waals surface area contributed by atoms with Gasteiger partial charge >= 0.3 is 0 Å². The third kappa shape index (κ3) is 5.52. The van der Waals surface area contributed by atoms with E-state index in [0.29, 0.717) is 38.7 Å². The number of hydrogen-bond donors (Lipinski definition) is 2. The lowest BCUT2D eigenvalue weighted by Gasteiger charge is -2.44. The summed E-state index contributed by atoms with van der Waals surface area (Å²) in [6.45, 7) is 6.78. The third-order valence-corrected chi connectivity index (χ3v) is 5.95. The Morgan fingerprint density at radius 3 is 2.33 bits per heavy atom. The van der Waals surface area contributed by atoms with Crippen LogP contribution in [0, 0.1) is 5.82 Å². The van der Waals surface area contributed by atoms with E-state index < -0.39 is 11.4 Å². The minimum atomic E-state index is -0.880. The highest BCUT2D eigenvalue weighted by Crippen LogP contribution is 2.24. The Labute approximate surface area is 192 Å². The van der Waals surface area contributed by atoms with Crippen molar-refractivity contribution in [1.29, 1.82) is 0 Å². The predicted octanol–water partition coefficient (Wildman–Crippen LogP) is 1.81. The number of aromatic nitrogens is 2. The Morgan fingerprint density at radius 1 is 1.18 bits per heavy atom. The molecule has 33 heavy (non-hydrogen) atoms. The second kappa shape index (κ2) is 10.5. The molecule has 1 atom stereocenters. The van der Waals surface area contributed by atoms with Crippen molar-refractivity contribution < 1.29 is 19.2 Å².